The van der Waals surface area contributed by atoms with Gasteiger partial charge in [-0.05, 0) is 57.0 Å². The summed E-state index contributed by atoms with van der Waals surface area (Å²) in [6.07, 6.45) is 1.67. The van der Waals surface area contributed by atoms with Gasteiger partial charge in [-0.3, -0.25) is 14.2 Å². The SMILES string of the molecule is CC[NH+](CC)CCNC(=O)c1cn(-c2ccc(C)c(C)c2)c(=O)c2ccccc12. The summed E-state index contributed by atoms with van der Waals surface area (Å²) in [5.41, 5.74) is 3.45. The Balaban J connectivity index is 2.02. The van der Waals surface area contributed by atoms with E-state index in [2.05, 4.69) is 19.2 Å². The summed E-state index contributed by atoms with van der Waals surface area (Å²) in [7, 11) is 0. The van der Waals surface area contributed by atoms with Crippen molar-refractivity contribution in [2.45, 2.75) is 27.7 Å². The van der Waals surface area contributed by atoms with E-state index >= 15 is 0 Å². The van der Waals surface area contributed by atoms with Gasteiger partial charge in [0.25, 0.3) is 11.5 Å². The van der Waals surface area contributed by atoms with E-state index < -0.39 is 0 Å². The minimum absolute atomic E-state index is 0.118. The molecule has 0 unspecified atom stereocenters. The molecule has 2 aromatic carbocycles. The first-order chi connectivity index (χ1) is 14.0. The number of nitrogens with one attached hydrogen (secondary N) is 2. The first-order valence-corrected chi connectivity index (χ1v) is 10.3. The fourth-order valence-corrected chi connectivity index (χ4v) is 3.59. The van der Waals surface area contributed by atoms with E-state index in [-0.39, 0.29) is 11.5 Å². The molecule has 1 amide bonds. The van der Waals surface area contributed by atoms with Gasteiger partial charge in [0.15, 0.2) is 0 Å². The molecule has 0 aliphatic carbocycles. The summed E-state index contributed by atoms with van der Waals surface area (Å²) in [6.45, 7) is 11.9. The lowest BCUT2D eigenvalue weighted by Gasteiger charge is -2.16. The van der Waals surface area contributed by atoms with Crippen LogP contribution < -0.4 is 15.8 Å². The van der Waals surface area contributed by atoms with Crippen LogP contribution in [0.2, 0.25) is 0 Å². The molecule has 152 valence electrons. The zero-order valence-corrected chi connectivity index (χ0v) is 17.7. The average molecular weight is 393 g/mol. The third-order valence-corrected chi connectivity index (χ3v) is 5.70. The predicted molar refractivity (Wildman–Crippen MR) is 118 cm³/mol. The molecular weight excluding hydrogens is 362 g/mol. The van der Waals surface area contributed by atoms with Gasteiger partial charge in [-0.2, -0.15) is 0 Å². The van der Waals surface area contributed by atoms with Gasteiger partial charge in [0.05, 0.1) is 31.7 Å². The number of rotatable bonds is 7. The molecule has 5 heteroatoms. The third kappa shape index (κ3) is 4.40. The number of quaternary nitrogens is 1. The van der Waals surface area contributed by atoms with Gasteiger partial charge in [-0.1, -0.05) is 24.3 Å². The number of aryl methyl sites for hydroxylation is 2. The van der Waals surface area contributed by atoms with Gasteiger partial charge in [0.1, 0.15) is 0 Å². The molecule has 0 saturated heterocycles. The Morgan fingerprint density at radius 2 is 1.69 bits per heavy atom. The van der Waals surface area contributed by atoms with Crippen molar-refractivity contribution in [2.24, 2.45) is 0 Å². The molecule has 3 aromatic rings. The summed E-state index contributed by atoms with van der Waals surface area (Å²) in [5, 5.41) is 4.27. The molecule has 5 nitrogen and oxygen atoms in total. The monoisotopic (exact) mass is 392 g/mol. The number of fused-ring (bicyclic) bond motifs is 1. The summed E-state index contributed by atoms with van der Waals surface area (Å²) in [5.74, 6) is -0.148. The lowest BCUT2D eigenvalue weighted by Crippen LogP contribution is -3.12. The maximum absolute atomic E-state index is 13.1. The number of carbonyl (C=O) groups excluding carboxylic acids is 1. The van der Waals surface area contributed by atoms with Crippen molar-refractivity contribution in [3.63, 3.8) is 0 Å². The molecule has 0 fully saturated rings. The highest BCUT2D eigenvalue weighted by Crippen LogP contribution is 2.19. The topological polar surface area (TPSA) is 55.5 Å². The minimum atomic E-state index is -0.148. The van der Waals surface area contributed by atoms with Crippen LogP contribution in [-0.4, -0.2) is 36.7 Å². The van der Waals surface area contributed by atoms with Crippen LogP contribution in [0, 0.1) is 13.8 Å². The predicted octanol–water partition coefficient (Wildman–Crippen LogP) is 2.26. The van der Waals surface area contributed by atoms with Crippen molar-refractivity contribution in [1.82, 2.24) is 9.88 Å². The highest BCUT2D eigenvalue weighted by Gasteiger charge is 2.16. The van der Waals surface area contributed by atoms with Crippen LogP contribution >= 0.6 is 0 Å². The normalized spacial score (nSPS) is 11.2. The molecule has 0 aliphatic heterocycles. The van der Waals surface area contributed by atoms with Crippen molar-refractivity contribution in [3.05, 3.63) is 75.7 Å². The van der Waals surface area contributed by atoms with Crippen molar-refractivity contribution in [2.75, 3.05) is 26.2 Å². The van der Waals surface area contributed by atoms with E-state index in [0.29, 0.717) is 22.9 Å². The fraction of sp³-hybridized carbons (Fsp3) is 0.333. The molecule has 0 aliphatic rings. The third-order valence-electron chi connectivity index (χ3n) is 5.70. The first-order valence-electron chi connectivity index (χ1n) is 10.3. The van der Waals surface area contributed by atoms with Crippen LogP contribution in [0.3, 0.4) is 0 Å². The van der Waals surface area contributed by atoms with Crippen LogP contribution in [0.5, 0.6) is 0 Å². The smallest absolute Gasteiger partial charge is 0.262 e. The van der Waals surface area contributed by atoms with Gasteiger partial charge in [-0.15, -0.1) is 0 Å². The molecule has 0 saturated carbocycles. The van der Waals surface area contributed by atoms with Crippen molar-refractivity contribution in [3.8, 4) is 5.69 Å². The zero-order chi connectivity index (χ0) is 21.0. The lowest BCUT2D eigenvalue weighted by atomic mass is 10.1. The van der Waals surface area contributed by atoms with Gasteiger partial charge in [0, 0.05) is 22.7 Å². The number of carbonyl (C=O) groups is 1. The number of aromatic nitrogens is 1. The summed E-state index contributed by atoms with van der Waals surface area (Å²) >= 11 is 0. The Labute approximate surface area is 172 Å². The molecule has 3 rings (SSSR count). The number of nitrogens with zero attached hydrogens (tertiary/aromatic N) is 1. The second kappa shape index (κ2) is 9.05. The summed E-state index contributed by atoms with van der Waals surface area (Å²) < 4.78 is 1.58. The summed E-state index contributed by atoms with van der Waals surface area (Å²) in [4.78, 5) is 27.5. The minimum Gasteiger partial charge on any atom is -0.346 e. The molecule has 1 heterocycles. The number of hydrogen-bond donors (Lipinski definition) is 2. The van der Waals surface area contributed by atoms with Crippen molar-refractivity contribution in [1.29, 1.82) is 0 Å². The maximum Gasteiger partial charge on any atom is 0.262 e. The van der Waals surface area contributed by atoms with Crippen LogP contribution in [0.4, 0.5) is 0 Å². The second-order valence-electron chi connectivity index (χ2n) is 7.50. The lowest BCUT2D eigenvalue weighted by molar-refractivity contribution is -0.895. The van der Waals surface area contributed by atoms with E-state index in [9.17, 15) is 9.59 Å². The van der Waals surface area contributed by atoms with Crippen LogP contribution in [0.1, 0.15) is 35.3 Å². The highest BCUT2D eigenvalue weighted by molar-refractivity contribution is 6.06. The Morgan fingerprint density at radius 3 is 2.34 bits per heavy atom. The second-order valence-corrected chi connectivity index (χ2v) is 7.50. The number of amides is 1. The van der Waals surface area contributed by atoms with Crippen LogP contribution in [0.15, 0.2) is 53.5 Å². The van der Waals surface area contributed by atoms with E-state index in [1.807, 2.05) is 50.2 Å². The quantitative estimate of drug-likeness (QED) is 0.648. The zero-order valence-electron chi connectivity index (χ0n) is 17.7. The van der Waals surface area contributed by atoms with Crippen LogP contribution in [-0.2, 0) is 0 Å². The van der Waals surface area contributed by atoms with Gasteiger partial charge >= 0.3 is 0 Å². The van der Waals surface area contributed by atoms with Gasteiger partial charge < -0.3 is 10.2 Å². The highest BCUT2D eigenvalue weighted by atomic mass is 16.2. The number of likely N-dealkylation sites (N-methyl/N-ethyl adjacent to an activating group) is 1. The van der Waals surface area contributed by atoms with E-state index in [1.165, 1.54) is 10.5 Å². The molecule has 29 heavy (non-hydrogen) atoms. The van der Waals surface area contributed by atoms with Gasteiger partial charge in [-0.25, -0.2) is 0 Å². The largest absolute Gasteiger partial charge is 0.346 e. The standard InChI is InChI=1S/C24H29N3O2/c1-5-26(6-2)14-13-25-23(28)22-16-27(19-12-11-17(3)18(4)15-19)24(29)21-10-8-7-9-20(21)22/h7-12,15-16H,5-6,13-14H2,1-4H3,(H,25,28)/p+1. The fourth-order valence-electron chi connectivity index (χ4n) is 3.59. The molecule has 0 atom stereocenters. The number of pyridine rings is 1. The summed E-state index contributed by atoms with van der Waals surface area (Å²) in [6, 6.07) is 13.2. The number of benzene rings is 2. The van der Waals surface area contributed by atoms with Crippen LogP contribution in [0.25, 0.3) is 16.5 Å². The average Bonchev–Trinajstić information content (AvgIpc) is 2.73. The Morgan fingerprint density at radius 1 is 1.00 bits per heavy atom. The molecule has 0 radical (unpaired) electrons. The van der Waals surface area contributed by atoms with Crippen molar-refractivity contribution < 1.29 is 9.69 Å². The Hall–Kier alpha value is -2.92. The molecule has 1 aromatic heterocycles. The Kier molecular flexibility index (Phi) is 6.49. The first kappa shape index (κ1) is 20.8. The van der Waals surface area contributed by atoms with Crippen molar-refractivity contribution >= 4 is 16.7 Å². The molecule has 2 N–H and O–H groups in total. The van der Waals surface area contributed by atoms with E-state index in [0.717, 1.165) is 30.9 Å². The van der Waals surface area contributed by atoms with E-state index in [4.69, 9.17) is 0 Å². The molecule has 0 spiro atoms. The molecule has 0 bridgehead atoms. The maximum atomic E-state index is 13.1. The van der Waals surface area contributed by atoms with E-state index in [1.54, 1.807) is 16.8 Å². The van der Waals surface area contributed by atoms with Gasteiger partial charge in [0.2, 0.25) is 0 Å². The molecular formula is C24H30N3O2+. The Bertz CT molecular complexity index is 1080. The number of hydrogen-bond acceptors (Lipinski definition) is 2.